The van der Waals surface area contributed by atoms with Crippen molar-refractivity contribution in [2.75, 3.05) is 13.7 Å². The minimum atomic E-state index is -0.687. The van der Waals surface area contributed by atoms with Gasteiger partial charge in [0.25, 0.3) is 0 Å². The normalized spacial score (nSPS) is 11.4. The summed E-state index contributed by atoms with van der Waals surface area (Å²) in [6.45, 7) is 4.11. The third kappa shape index (κ3) is 7.04. The lowest BCUT2D eigenvalue weighted by Crippen LogP contribution is -2.42. The van der Waals surface area contributed by atoms with E-state index in [0.29, 0.717) is 13.0 Å². The second-order valence-electron chi connectivity index (χ2n) is 5.14. The number of hydrogen-bond donors (Lipinski definition) is 1. The van der Waals surface area contributed by atoms with Gasteiger partial charge in [-0.1, -0.05) is 42.0 Å². The summed E-state index contributed by atoms with van der Waals surface area (Å²) in [6.07, 6.45) is 2.28. The zero-order valence-electron chi connectivity index (χ0n) is 13.3. The zero-order chi connectivity index (χ0) is 16.4. The van der Waals surface area contributed by atoms with Crippen molar-refractivity contribution in [1.82, 2.24) is 5.32 Å². The molecule has 1 aromatic rings. The molecule has 1 atom stereocenters. The highest BCUT2D eigenvalue weighted by molar-refractivity contribution is 5.85. The Labute approximate surface area is 131 Å². The van der Waals surface area contributed by atoms with Crippen LogP contribution in [0.3, 0.4) is 0 Å². The first-order chi connectivity index (χ1) is 10.5. The molecule has 1 rings (SSSR count). The van der Waals surface area contributed by atoms with Crippen LogP contribution in [0.15, 0.2) is 42.0 Å². The molecule has 0 aliphatic carbocycles. The summed E-state index contributed by atoms with van der Waals surface area (Å²) in [5, 5.41) is 2.63. The lowest BCUT2D eigenvalue weighted by molar-refractivity contribution is -0.145. The number of ether oxygens (including phenoxy) is 2. The quantitative estimate of drug-likeness (QED) is 0.591. The molecule has 0 saturated carbocycles. The van der Waals surface area contributed by atoms with Gasteiger partial charge in [0.1, 0.15) is 12.6 Å². The van der Waals surface area contributed by atoms with Crippen molar-refractivity contribution < 1.29 is 19.1 Å². The van der Waals surface area contributed by atoms with Crippen molar-refractivity contribution in [3.8, 4) is 0 Å². The minimum Gasteiger partial charge on any atom is -0.467 e. The van der Waals surface area contributed by atoms with Crippen LogP contribution in [-0.2, 0) is 25.7 Å². The number of hydrogen-bond acceptors (Lipinski definition) is 4. The van der Waals surface area contributed by atoms with Crippen LogP contribution in [0, 0.1) is 0 Å². The molecule has 0 bridgehead atoms. The van der Waals surface area contributed by atoms with Crippen LogP contribution in [0.1, 0.15) is 25.8 Å². The first-order valence-corrected chi connectivity index (χ1v) is 7.15. The predicted octanol–water partition coefficient (Wildman–Crippen LogP) is 2.22. The molecule has 22 heavy (non-hydrogen) atoms. The van der Waals surface area contributed by atoms with Crippen molar-refractivity contribution in [2.24, 2.45) is 0 Å². The first-order valence-electron chi connectivity index (χ1n) is 7.15. The smallest absolute Gasteiger partial charge is 0.328 e. The fraction of sp³-hybridized carbons (Fsp3) is 0.412. The lowest BCUT2D eigenvalue weighted by Gasteiger charge is -2.15. The second-order valence-corrected chi connectivity index (χ2v) is 5.14. The molecule has 0 aromatic heterocycles. The van der Waals surface area contributed by atoms with Crippen molar-refractivity contribution >= 4 is 11.9 Å². The number of methoxy groups -OCH3 is 1. The number of allylic oxidation sites excluding steroid dienone is 1. The van der Waals surface area contributed by atoms with E-state index in [1.54, 1.807) is 0 Å². The van der Waals surface area contributed by atoms with Crippen molar-refractivity contribution in [3.63, 3.8) is 0 Å². The molecule has 120 valence electrons. The third-order valence-corrected chi connectivity index (χ3v) is 2.93. The molecule has 0 aliphatic heterocycles. The van der Waals surface area contributed by atoms with E-state index >= 15 is 0 Å². The molecule has 0 fully saturated rings. The molecular formula is C17H23NO4. The average molecular weight is 305 g/mol. The minimum absolute atomic E-state index is 0.1000. The van der Waals surface area contributed by atoms with Crippen LogP contribution >= 0.6 is 0 Å². The summed E-state index contributed by atoms with van der Waals surface area (Å²) >= 11 is 0. The maximum Gasteiger partial charge on any atom is 0.328 e. The summed E-state index contributed by atoms with van der Waals surface area (Å²) in [5.41, 5.74) is 2.06. The van der Waals surface area contributed by atoms with Crippen molar-refractivity contribution in [2.45, 2.75) is 32.9 Å². The maximum absolute atomic E-state index is 11.8. The third-order valence-electron chi connectivity index (χ3n) is 2.93. The van der Waals surface area contributed by atoms with E-state index in [0.717, 1.165) is 11.1 Å². The summed E-state index contributed by atoms with van der Waals surface area (Å²) in [5.74, 6) is -0.803. The van der Waals surface area contributed by atoms with E-state index in [2.05, 4.69) is 5.32 Å². The number of nitrogens with one attached hydrogen (secondary N) is 1. The zero-order valence-corrected chi connectivity index (χ0v) is 13.3. The Balaban J connectivity index is 2.42. The Bertz CT molecular complexity index is 507. The highest BCUT2D eigenvalue weighted by atomic mass is 16.5. The van der Waals surface area contributed by atoms with Gasteiger partial charge in [0, 0.05) is 0 Å². The van der Waals surface area contributed by atoms with Crippen LogP contribution in [0.25, 0.3) is 0 Å². The van der Waals surface area contributed by atoms with Crippen LogP contribution in [0.2, 0.25) is 0 Å². The first kappa shape index (κ1) is 17.9. The second kappa shape index (κ2) is 9.73. The van der Waals surface area contributed by atoms with Crippen LogP contribution in [0.5, 0.6) is 0 Å². The van der Waals surface area contributed by atoms with E-state index in [1.807, 2.05) is 50.3 Å². The maximum atomic E-state index is 11.8. The van der Waals surface area contributed by atoms with Gasteiger partial charge in [0.05, 0.1) is 13.7 Å². The van der Waals surface area contributed by atoms with Gasteiger partial charge in [0.15, 0.2) is 0 Å². The Morgan fingerprint density at radius 3 is 2.50 bits per heavy atom. The van der Waals surface area contributed by atoms with E-state index in [1.165, 1.54) is 7.11 Å². The van der Waals surface area contributed by atoms with Gasteiger partial charge in [-0.15, -0.1) is 0 Å². The number of carbonyl (C=O) groups is 2. The van der Waals surface area contributed by atoms with Crippen molar-refractivity contribution in [1.29, 1.82) is 0 Å². The van der Waals surface area contributed by atoms with Crippen LogP contribution in [-0.4, -0.2) is 31.6 Å². The van der Waals surface area contributed by atoms with Crippen LogP contribution < -0.4 is 5.32 Å². The van der Waals surface area contributed by atoms with Crippen molar-refractivity contribution in [3.05, 3.63) is 47.5 Å². The van der Waals surface area contributed by atoms with Gasteiger partial charge >= 0.3 is 5.97 Å². The SMILES string of the molecule is COC(=O)[C@@H](CC=C(C)C)NC(=O)COCc1ccccc1. The van der Waals surface area contributed by atoms with E-state index in [9.17, 15) is 9.59 Å². The summed E-state index contributed by atoms with van der Waals surface area (Å²) in [6, 6.07) is 8.89. The van der Waals surface area contributed by atoms with Crippen LogP contribution in [0.4, 0.5) is 0 Å². The number of amides is 1. The topological polar surface area (TPSA) is 64.6 Å². The summed E-state index contributed by atoms with van der Waals surface area (Å²) in [4.78, 5) is 23.5. The van der Waals surface area contributed by atoms with Gasteiger partial charge in [-0.2, -0.15) is 0 Å². The van der Waals surface area contributed by atoms with Gasteiger partial charge in [-0.3, -0.25) is 4.79 Å². The lowest BCUT2D eigenvalue weighted by atomic mass is 10.1. The highest BCUT2D eigenvalue weighted by Gasteiger charge is 2.20. The predicted molar refractivity (Wildman–Crippen MR) is 84.1 cm³/mol. The fourth-order valence-electron chi connectivity index (χ4n) is 1.78. The molecule has 0 heterocycles. The molecule has 0 aliphatic rings. The Kier molecular flexibility index (Phi) is 7.92. The van der Waals surface area contributed by atoms with Gasteiger partial charge < -0.3 is 14.8 Å². The molecule has 0 spiro atoms. The Hall–Kier alpha value is -2.14. The molecule has 0 radical (unpaired) electrons. The standard InChI is InChI=1S/C17H23NO4/c1-13(2)9-10-15(17(20)21-3)18-16(19)12-22-11-14-7-5-4-6-8-14/h4-9,15H,10-12H2,1-3H3,(H,18,19)/t15-/m1/s1. The molecule has 1 N–H and O–H groups in total. The van der Waals surface area contributed by atoms with Gasteiger partial charge in [0.2, 0.25) is 5.91 Å². The highest BCUT2D eigenvalue weighted by Crippen LogP contribution is 2.02. The molecule has 5 heteroatoms. The molecular weight excluding hydrogens is 282 g/mol. The molecule has 1 aromatic carbocycles. The fourth-order valence-corrected chi connectivity index (χ4v) is 1.78. The van der Waals surface area contributed by atoms with Gasteiger partial charge in [-0.25, -0.2) is 4.79 Å². The summed E-state index contributed by atoms with van der Waals surface area (Å²) < 4.78 is 10.0. The molecule has 0 unspecified atom stereocenters. The number of benzene rings is 1. The van der Waals surface area contributed by atoms with Gasteiger partial charge in [-0.05, 0) is 25.8 Å². The number of carbonyl (C=O) groups excluding carboxylic acids is 2. The van der Waals surface area contributed by atoms with E-state index in [4.69, 9.17) is 9.47 Å². The Morgan fingerprint density at radius 1 is 1.23 bits per heavy atom. The summed E-state index contributed by atoms with van der Waals surface area (Å²) in [7, 11) is 1.30. The molecule has 5 nitrogen and oxygen atoms in total. The molecule has 1 amide bonds. The average Bonchev–Trinajstić information content (AvgIpc) is 2.51. The monoisotopic (exact) mass is 305 g/mol. The largest absolute Gasteiger partial charge is 0.467 e. The number of rotatable bonds is 8. The van der Waals surface area contributed by atoms with E-state index in [-0.39, 0.29) is 12.5 Å². The Morgan fingerprint density at radius 2 is 1.91 bits per heavy atom. The van der Waals surface area contributed by atoms with E-state index < -0.39 is 12.0 Å². The number of esters is 1. The molecule has 0 saturated heterocycles.